The van der Waals surface area contributed by atoms with E-state index in [0.717, 1.165) is 6.54 Å². The molecule has 2 atom stereocenters. The minimum absolute atomic E-state index is 0.372. The minimum atomic E-state index is 0.372. The first-order chi connectivity index (χ1) is 9.68. The maximum Gasteiger partial charge on any atom is 0.135 e. The van der Waals surface area contributed by atoms with Crippen LogP contribution in [0.4, 0.5) is 0 Å². The molecule has 1 saturated heterocycles. The van der Waals surface area contributed by atoms with Gasteiger partial charge in [0.15, 0.2) is 0 Å². The highest BCUT2D eigenvalue weighted by atomic mass is 16.1. The maximum atomic E-state index is 11.4. The Balaban J connectivity index is 0.000000829. The molecule has 20 heavy (non-hydrogen) atoms. The highest BCUT2D eigenvalue weighted by Gasteiger charge is 2.27. The molecule has 1 heterocycles. The molecule has 0 spiro atoms. The summed E-state index contributed by atoms with van der Waals surface area (Å²) in [5.41, 5.74) is 1.34. The van der Waals surface area contributed by atoms with E-state index in [1.807, 2.05) is 33.8 Å². The third-order valence-corrected chi connectivity index (χ3v) is 3.52. The van der Waals surface area contributed by atoms with Gasteiger partial charge >= 0.3 is 0 Å². The first kappa shape index (κ1) is 18.9. The van der Waals surface area contributed by atoms with Crippen molar-refractivity contribution >= 4 is 5.78 Å². The van der Waals surface area contributed by atoms with Crippen LogP contribution in [0.5, 0.6) is 0 Å². The number of nitrogens with zero attached hydrogens (tertiary/aromatic N) is 1. The first-order valence-electron chi connectivity index (χ1n) is 8.01. The van der Waals surface area contributed by atoms with Crippen molar-refractivity contribution in [2.24, 2.45) is 0 Å². The van der Waals surface area contributed by atoms with Crippen molar-refractivity contribution in [1.82, 2.24) is 4.90 Å². The normalized spacial score (nSPS) is 20.1. The molecule has 1 aromatic carbocycles. The third-order valence-electron chi connectivity index (χ3n) is 3.52. The average Bonchev–Trinajstić information content (AvgIpc) is 2.51. The van der Waals surface area contributed by atoms with Crippen LogP contribution in [0.1, 0.15) is 66.0 Å². The number of benzene rings is 1. The zero-order valence-electron chi connectivity index (χ0n) is 14.0. The molecule has 0 radical (unpaired) electrons. The molecule has 1 unspecified atom stereocenters. The molecular formula is C18H31NO. The second kappa shape index (κ2) is 10.6. The number of hydrogen-bond donors (Lipinski definition) is 0. The number of ketones is 1. The predicted molar refractivity (Wildman–Crippen MR) is 88.0 cm³/mol. The number of piperidine rings is 1. The van der Waals surface area contributed by atoms with E-state index >= 15 is 0 Å². The van der Waals surface area contributed by atoms with E-state index in [1.54, 1.807) is 0 Å². The molecule has 0 saturated carbocycles. The summed E-state index contributed by atoms with van der Waals surface area (Å²) in [6.45, 7) is 13.3. The Hall–Kier alpha value is -1.15. The lowest BCUT2D eigenvalue weighted by Gasteiger charge is -2.37. The van der Waals surface area contributed by atoms with Crippen LogP contribution in [0.15, 0.2) is 30.3 Å². The molecular weight excluding hydrogens is 246 g/mol. The molecule has 1 aliphatic heterocycles. The van der Waals surface area contributed by atoms with Crippen molar-refractivity contribution in [3.63, 3.8) is 0 Å². The summed E-state index contributed by atoms with van der Waals surface area (Å²) in [5, 5.41) is 0. The van der Waals surface area contributed by atoms with Crippen molar-refractivity contribution in [2.75, 3.05) is 6.54 Å². The fourth-order valence-electron chi connectivity index (χ4n) is 2.52. The van der Waals surface area contributed by atoms with Crippen molar-refractivity contribution < 1.29 is 4.79 Å². The molecule has 1 fully saturated rings. The van der Waals surface area contributed by atoms with Gasteiger partial charge in [-0.15, -0.1) is 0 Å². The van der Waals surface area contributed by atoms with Gasteiger partial charge in [0.2, 0.25) is 0 Å². The van der Waals surface area contributed by atoms with Crippen LogP contribution in [0.25, 0.3) is 0 Å². The van der Waals surface area contributed by atoms with Gasteiger partial charge in [-0.25, -0.2) is 0 Å². The SMILES string of the molecule is CC.CC.CC1CC(=O)CCN1[C@@H](C)c1ccccc1. The monoisotopic (exact) mass is 277 g/mol. The van der Waals surface area contributed by atoms with Gasteiger partial charge in [-0.05, 0) is 19.4 Å². The molecule has 2 nitrogen and oxygen atoms in total. The Morgan fingerprint density at radius 2 is 1.65 bits per heavy atom. The number of rotatable bonds is 2. The van der Waals surface area contributed by atoms with E-state index in [-0.39, 0.29) is 0 Å². The van der Waals surface area contributed by atoms with Gasteiger partial charge in [0.1, 0.15) is 5.78 Å². The van der Waals surface area contributed by atoms with Crippen molar-refractivity contribution in [3.8, 4) is 0 Å². The Labute approximate surface area is 125 Å². The summed E-state index contributed by atoms with van der Waals surface area (Å²) in [4.78, 5) is 13.8. The van der Waals surface area contributed by atoms with E-state index in [9.17, 15) is 4.79 Å². The fraction of sp³-hybridized carbons (Fsp3) is 0.611. The smallest absolute Gasteiger partial charge is 0.135 e. The van der Waals surface area contributed by atoms with Crippen LogP contribution in [0.3, 0.4) is 0 Å². The second-order valence-electron chi connectivity index (χ2n) is 4.67. The van der Waals surface area contributed by atoms with E-state index < -0.39 is 0 Å². The van der Waals surface area contributed by atoms with E-state index in [2.05, 4.69) is 43.0 Å². The summed E-state index contributed by atoms with van der Waals surface area (Å²) in [6, 6.07) is 11.3. The Morgan fingerprint density at radius 3 is 2.15 bits per heavy atom. The van der Waals surface area contributed by atoms with E-state index in [4.69, 9.17) is 0 Å². The standard InChI is InChI=1S/C14H19NO.2C2H6/c1-11-10-14(16)8-9-15(11)12(2)13-6-4-3-5-7-13;2*1-2/h3-7,11-12H,8-10H2,1-2H3;2*1-2H3/t11?,12-;;/m0../s1. The highest BCUT2D eigenvalue weighted by molar-refractivity contribution is 5.79. The Bertz CT molecular complexity index is 361. The minimum Gasteiger partial charge on any atom is -0.300 e. The molecule has 1 aromatic rings. The van der Waals surface area contributed by atoms with Crippen LogP contribution < -0.4 is 0 Å². The fourth-order valence-corrected chi connectivity index (χ4v) is 2.52. The van der Waals surface area contributed by atoms with Crippen LogP contribution in [-0.4, -0.2) is 23.3 Å². The summed E-state index contributed by atoms with van der Waals surface area (Å²) < 4.78 is 0. The van der Waals surface area contributed by atoms with E-state index in [1.165, 1.54) is 5.56 Å². The number of carbonyl (C=O) groups is 1. The Kier molecular flexibility index (Phi) is 10.0. The zero-order valence-corrected chi connectivity index (χ0v) is 14.0. The van der Waals surface area contributed by atoms with Crippen LogP contribution in [-0.2, 0) is 4.79 Å². The van der Waals surface area contributed by atoms with Crippen LogP contribution in [0, 0.1) is 0 Å². The van der Waals surface area contributed by atoms with Crippen LogP contribution in [0.2, 0.25) is 0 Å². The van der Waals surface area contributed by atoms with Crippen molar-refractivity contribution in [3.05, 3.63) is 35.9 Å². The lowest BCUT2D eigenvalue weighted by molar-refractivity contribution is -0.123. The molecule has 1 aliphatic rings. The van der Waals surface area contributed by atoms with Crippen molar-refractivity contribution in [2.45, 2.75) is 66.5 Å². The number of likely N-dealkylation sites (tertiary alicyclic amines) is 1. The summed E-state index contributed by atoms with van der Waals surface area (Å²) in [6.07, 6.45) is 1.42. The maximum absolute atomic E-state index is 11.4. The second-order valence-corrected chi connectivity index (χ2v) is 4.67. The highest BCUT2D eigenvalue weighted by Crippen LogP contribution is 2.26. The number of carbonyl (C=O) groups excluding carboxylic acids is 1. The van der Waals surface area contributed by atoms with Crippen molar-refractivity contribution in [1.29, 1.82) is 0 Å². The topological polar surface area (TPSA) is 20.3 Å². The van der Waals surface area contributed by atoms with E-state index in [0.29, 0.717) is 30.7 Å². The summed E-state index contributed by atoms with van der Waals surface area (Å²) >= 11 is 0. The molecule has 0 bridgehead atoms. The van der Waals surface area contributed by atoms with Gasteiger partial charge in [0.25, 0.3) is 0 Å². The number of hydrogen-bond acceptors (Lipinski definition) is 2. The third kappa shape index (κ3) is 5.46. The molecule has 114 valence electrons. The molecule has 2 rings (SSSR count). The van der Waals surface area contributed by atoms with Gasteiger partial charge in [-0.1, -0.05) is 58.0 Å². The Morgan fingerprint density at radius 1 is 1.10 bits per heavy atom. The quantitative estimate of drug-likeness (QED) is 0.770. The van der Waals surface area contributed by atoms with Crippen LogP contribution >= 0.6 is 0 Å². The predicted octanol–water partition coefficient (Wildman–Crippen LogP) is 4.85. The summed E-state index contributed by atoms with van der Waals surface area (Å²) in [7, 11) is 0. The molecule has 0 aliphatic carbocycles. The largest absolute Gasteiger partial charge is 0.300 e. The lowest BCUT2D eigenvalue weighted by Crippen LogP contribution is -2.42. The first-order valence-corrected chi connectivity index (χ1v) is 8.01. The molecule has 2 heteroatoms. The van der Waals surface area contributed by atoms with Gasteiger partial charge in [0, 0.05) is 31.5 Å². The lowest BCUT2D eigenvalue weighted by atomic mass is 9.97. The van der Waals surface area contributed by atoms with Gasteiger partial charge in [-0.3, -0.25) is 9.69 Å². The van der Waals surface area contributed by atoms with Gasteiger partial charge in [0.05, 0.1) is 0 Å². The average molecular weight is 277 g/mol. The summed E-state index contributed by atoms with van der Waals surface area (Å²) in [5.74, 6) is 0.406. The number of Topliss-reactive ketones (excluding diaryl/α,β-unsaturated/α-hetero) is 1. The van der Waals surface area contributed by atoms with Gasteiger partial charge in [-0.2, -0.15) is 0 Å². The molecule has 0 aromatic heterocycles. The van der Waals surface area contributed by atoms with Gasteiger partial charge < -0.3 is 0 Å². The zero-order chi connectivity index (χ0) is 15.5. The molecule has 0 amide bonds. The molecule has 0 N–H and O–H groups in total.